The van der Waals surface area contributed by atoms with E-state index in [0.717, 1.165) is 25.4 Å². The van der Waals surface area contributed by atoms with Crippen LogP contribution in [0.3, 0.4) is 0 Å². The zero-order valence-corrected chi connectivity index (χ0v) is 12.5. The Kier molecular flexibility index (Phi) is 2.76. The molecule has 0 radical (unpaired) electrons. The molecule has 21 heavy (non-hydrogen) atoms. The van der Waals surface area contributed by atoms with Crippen molar-refractivity contribution in [1.29, 1.82) is 0 Å². The molecule has 0 aliphatic rings. The fraction of sp³-hybridized carbons (Fsp3) is 0.0714. The molecule has 7 heteroatoms. The van der Waals surface area contributed by atoms with E-state index >= 15 is 0 Å². The van der Waals surface area contributed by atoms with E-state index in [-0.39, 0.29) is 5.91 Å². The Hall–Kier alpha value is -2.25. The average molecular weight is 315 g/mol. The van der Waals surface area contributed by atoms with Gasteiger partial charge in [0.2, 0.25) is 0 Å². The second-order valence-electron chi connectivity index (χ2n) is 4.48. The number of thiazole rings is 2. The minimum atomic E-state index is -0.223. The summed E-state index contributed by atoms with van der Waals surface area (Å²) in [5.74, 6) is -0.223. The molecule has 0 spiro atoms. The maximum atomic E-state index is 12.0. The van der Waals surface area contributed by atoms with Crippen LogP contribution in [0.25, 0.3) is 20.4 Å². The van der Waals surface area contributed by atoms with Crippen LogP contribution in [-0.4, -0.2) is 15.9 Å². The third-order valence-electron chi connectivity index (χ3n) is 3.02. The van der Waals surface area contributed by atoms with Crippen LogP contribution in [0.15, 0.2) is 35.1 Å². The van der Waals surface area contributed by atoms with Gasteiger partial charge in [0.15, 0.2) is 5.13 Å². The highest BCUT2D eigenvalue weighted by Gasteiger charge is 2.13. The summed E-state index contributed by atoms with van der Waals surface area (Å²) in [6, 6.07) is 5.51. The molecule has 5 nitrogen and oxygen atoms in total. The van der Waals surface area contributed by atoms with Gasteiger partial charge in [-0.05, 0) is 25.1 Å². The lowest BCUT2D eigenvalue weighted by Crippen LogP contribution is -2.10. The number of amides is 1. The molecule has 3 heterocycles. The molecule has 1 aromatic carbocycles. The normalized spacial score (nSPS) is 11.3. The molecule has 0 aliphatic heterocycles. The minimum Gasteiger partial charge on any atom is -0.472 e. The highest BCUT2D eigenvalue weighted by Crippen LogP contribution is 2.35. The predicted molar refractivity (Wildman–Crippen MR) is 84.2 cm³/mol. The maximum Gasteiger partial charge on any atom is 0.260 e. The summed E-state index contributed by atoms with van der Waals surface area (Å²) in [5, 5.41) is 4.40. The van der Waals surface area contributed by atoms with Crippen molar-refractivity contribution < 1.29 is 9.21 Å². The Bertz CT molecular complexity index is 953. The molecule has 4 aromatic rings. The molecule has 1 N–H and O–H groups in total. The number of rotatable bonds is 2. The standard InChI is InChI=1S/C14H9N3O2S2/c1-7-15-9-2-3-10-12(11(9)20-7)21-14(16-10)17-13(18)8-4-5-19-6-8/h2-6H,1H3,(H,16,17,18). The lowest BCUT2D eigenvalue weighted by atomic mass is 10.3. The highest BCUT2D eigenvalue weighted by molar-refractivity contribution is 7.28. The number of carbonyl (C=O) groups is 1. The number of anilines is 1. The molecule has 0 unspecified atom stereocenters. The van der Waals surface area contributed by atoms with Gasteiger partial charge in [-0.3, -0.25) is 10.1 Å². The van der Waals surface area contributed by atoms with E-state index in [1.54, 1.807) is 17.4 Å². The monoisotopic (exact) mass is 315 g/mol. The van der Waals surface area contributed by atoms with E-state index in [2.05, 4.69) is 15.3 Å². The summed E-state index contributed by atoms with van der Waals surface area (Å²) >= 11 is 3.11. The van der Waals surface area contributed by atoms with Gasteiger partial charge in [0.05, 0.1) is 37.3 Å². The summed E-state index contributed by atoms with van der Waals surface area (Å²) in [5.41, 5.74) is 2.33. The van der Waals surface area contributed by atoms with Crippen LogP contribution in [0.5, 0.6) is 0 Å². The number of nitrogens with one attached hydrogen (secondary N) is 1. The first-order valence-electron chi connectivity index (χ1n) is 6.21. The molecule has 0 atom stereocenters. The van der Waals surface area contributed by atoms with Gasteiger partial charge in [-0.1, -0.05) is 11.3 Å². The summed E-state index contributed by atoms with van der Waals surface area (Å²) in [6.45, 7) is 1.99. The third kappa shape index (κ3) is 2.10. The zero-order chi connectivity index (χ0) is 14.4. The molecule has 1 amide bonds. The molecule has 3 aromatic heterocycles. The molecule has 0 fully saturated rings. The summed E-state index contributed by atoms with van der Waals surface area (Å²) in [7, 11) is 0. The number of carbonyl (C=O) groups excluding carboxylic acids is 1. The first kappa shape index (κ1) is 12.5. The van der Waals surface area contributed by atoms with Gasteiger partial charge in [0, 0.05) is 0 Å². The van der Waals surface area contributed by atoms with Crippen molar-refractivity contribution in [3.63, 3.8) is 0 Å². The van der Waals surface area contributed by atoms with Crippen molar-refractivity contribution in [1.82, 2.24) is 9.97 Å². The fourth-order valence-corrected chi connectivity index (χ4v) is 4.10. The van der Waals surface area contributed by atoms with Crippen molar-refractivity contribution in [2.75, 3.05) is 5.32 Å². The smallest absolute Gasteiger partial charge is 0.260 e. The second-order valence-corrected chi connectivity index (χ2v) is 6.68. The minimum absolute atomic E-state index is 0.223. The van der Waals surface area contributed by atoms with Crippen molar-refractivity contribution in [3.05, 3.63) is 41.3 Å². The summed E-state index contributed by atoms with van der Waals surface area (Å²) < 4.78 is 7.08. The van der Waals surface area contributed by atoms with Crippen LogP contribution in [0.1, 0.15) is 15.4 Å². The Labute approximate surface area is 127 Å². The van der Waals surface area contributed by atoms with E-state index in [0.29, 0.717) is 10.7 Å². The number of aryl methyl sites for hydroxylation is 1. The molecule has 0 bridgehead atoms. The van der Waals surface area contributed by atoms with Crippen LogP contribution < -0.4 is 5.32 Å². The van der Waals surface area contributed by atoms with Crippen LogP contribution in [0.2, 0.25) is 0 Å². The van der Waals surface area contributed by atoms with Crippen molar-refractivity contribution >= 4 is 54.1 Å². The Morgan fingerprint density at radius 3 is 2.67 bits per heavy atom. The Balaban J connectivity index is 1.76. The van der Waals surface area contributed by atoms with Gasteiger partial charge in [-0.2, -0.15) is 0 Å². The van der Waals surface area contributed by atoms with Gasteiger partial charge < -0.3 is 4.42 Å². The van der Waals surface area contributed by atoms with Gasteiger partial charge in [-0.25, -0.2) is 9.97 Å². The number of aromatic nitrogens is 2. The van der Waals surface area contributed by atoms with Gasteiger partial charge in [0.1, 0.15) is 6.26 Å². The molecular formula is C14H9N3O2S2. The van der Waals surface area contributed by atoms with Gasteiger partial charge in [-0.15, -0.1) is 11.3 Å². The van der Waals surface area contributed by atoms with E-state index in [4.69, 9.17) is 4.42 Å². The number of nitrogens with zero attached hydrogens (tertiary/aromatic N) is 2. The zero-order valence-electron chi connectivity index (χ0n) is 10.9. The summed E-state index contributed by atoms with van der Waals surface area (Å²) in [6.07, 6.45) is 2.88. The number of hydrogen-bond donors (Lipinski definition) is 1. The maximum absolute atomic E-state index is 12.0. The van der Waals surface area contributed by atoms with E-state index in [1.165, 1.54) is 23.9 Å². The van der Waals surface area contributed by atoms with Crippen LogP contribution in [0.4, 0.5) is 5.13 Å². The van der Waals surface area contributed by atoms with Crippen molar-refractivity contribution in [2.24, 2.45) is 0 Å². The van der Waals surface area contributed by atoms with Crippen molar-refractivity contribution in [3.8, 4) is 0 Å². The fourth-order valence-electron chi connectivity index (χ4n) is 2.10. The van der Waals surface area contributed by atoms with Gasteiger partial charge >= 0.3 is 0 Å². The predicted octanol–water partition coefficient (Wildman–Crippen LogP) is 4.06. The lowest BCUT2D eigenvalue weighted by Gasteiger charge is -1.96. The summed E-state index contributed by atoms with van der Waals surface area (Å²) in [4.78, 5) is 20.9. The van der Waals surface area contributed by atoms with Crippen molar-refractivity contribution in [2.45, 2.75) is 6.92 Å². The molecule has 0 saturated carbocycles. The molecule has 104 valence electrons. The molecule has 0 aliphatic carbocycles. The van der Waals surface area contributed by atoms with Gasteiger partial charge in [0.25, 0.3) is 5.91 Å². The van der Waals surface area contributed by atoms with E-state index < -0.39 is 0 Å². The number of hydrogen-bond acceptors (Lipinski definition) is 6. The quantitative estimate of drug-likeness (QED) is 0.605. The average Bonchev–Trinajstić information content (AvgIpc) is 3.14. The third-order valence-corrected chi connectivity index (χ3v) is 5.16. The highest BCUT2D eigenvalue weighted by atomic mass is 32.1. The largest absolute Gasteiger partial charge is 0.472 e. The number of furan rings is 1. The number of benzene rings is 1. The first-order valence-corrected chi connectivity index (χ1v) is 7.84. The van der Waals surface area contributed by atoms with Crippen LogP contribution in [-0.2, 0) is 0 Å². The second kappa shape index (κ2) is 4.64. The van der Waals surface area contributed by atoms with E-state index in [9.17, 15) is 4.79 Å². The van der Waals surface area contributed by atoms with E-state index in [1.807, 2.05) is 19.1 Å². The first-order chi connectivity index (χ1) is 10.2. The topological polar surface area (TPSA) is 68.0 Å². The Morgan fingerprint density at radius 2 is 1.90 bits per heavy atom. The molecule has 0 saturated heterocycles. The molecule has 4 rings (SSSR count). The Morgan fingerprint density at radius 1 is 1.14 bits per heavy atom. The van der Waals surface area contributed by atoms with Crippen LogP contribution >= 0.6 is 22.7 Å². The van der Waals surface area contributed by atoms with Crippen LogP contribution in [0, 0.1) is 6.92 Å². The number of fused-ring (bicyclic) bond motifs is 3. The lowest BCUT2D eigenvalue weighted by molar-refractivity contribution is 0.102. The molecular weight excluding hydrogens is 306 g/mol. The SMILES string of the molecule is Cc1nc2ccc3nc(NC(=O)c4ccoc4)sc3c2s1.